The molecule has 0 amide bonds. The van der Waals surface area contributed by atoms with E-state index in [1.54, 1.807) is 7.05 Å². The molecule has 2 aromatic rings. The van der Waals surface area contributed by atoms with Gasteiger partial charge in [0, 0.05) is 45.5 Å². The van der Waals surface area contributed by atoms with Gasteiger partial charge in [0.1, 0.15) is 5.75 Å². The average Bonchev–Trinajstić information content (AvgIpc) is 2.61. The molecule has 0 fully saturated rings. The molecule has 0 unspecified atom stereocenters. The average molecular weight is 454 g/mol. The topological polar surface area (TPSA) is 49.8 Å². The number of ether oxygens (including phenoxy) is 1. The molecule has 6 heteroatoms. The Kier molecular flexibility index (Phi) is 9.91. The minimum Gasteiger partial charge on any atom is -0.494 e. The van der Waals surface area contributed by atoms with Crippen LogP contribution in [-0.2, 0) is 13.0 Å². The molecule has 1 aromatic carbocycles. The smallest absolute Gasteiger partial charge is 0.193 e. The summed E-state index contributed by atoms with van der Waals surface area (Å²) < 4.78 is 5.47. The monoisotopic (exact) mass is 454 g/mol. The summed E-state index contributed by atoms with van der Waals surface area (Å²) in [6, 6.07) is 14.2. The second-order valence-corrected chi connectivity index (χ2v) is 5.48. The highest BCUT2D eigenvalue weighted by Crippen LogP contribution is 2.13. The summed E-state index contributed by atoms with van der Waals surface area (Å²) in [6.45, 7) is 4.27. The van der Waals surface area contributed by atoms with E-state index >= 15 is 0 Å². The largest absolute Gasteiger partial charge is 0.494 e. The first-order valence-corrected chi connectivity index (χ1v) is 8.26. The second kappa shape index (κ2) is 11.7. The van der Waals surface area contributed by atoms with E-state index in [0.29, 0.717) is 6.61 Å². The van der Waals surface area contributed by atoms with Crippen LogP contribution < -0.4 is 10.1 Å². The first-order valence-electron chi connectivity index (χ1n) is 8.26. The van der Waals surface area contributed by atoms with Crippen molar-refractivity contribution < 1.29 is 4.74 Å². The van der Waals surface area contributed by atoms with E-state index in [9.17, 15) is 0 Å². The zero-order valence-corrected chi connectivity index (χ0v) is 17.4. The lowest BCUT2D eigenvalue weighted by molar-refractivity contribution is 0.340. The van der Waals surface area contributed by atoms with E-state index in [2.05, 4.69) is 32.3 Å². The molecule has 0 spiro atoms. The lowest BCUT2D eigenvalue weighted by Crippen LogP contribution is -2.39. The first-order chi connectivity index (χ1) is 11.7. The number of nitrogens with zero attached hydrogens (tertiary/aromatic N) is 3. The summed E-state index contributed by atoms with van der Waals surface area (Å²) in [5.74, 6) is 1.78. The number of rotatable bonds is 7. The Morgan fingerprint density at radius 1 is 1.20 bits per heavy atom. The van der Waals surface area contributed by atoms with Crippen LogP contribution in [0, 0.1) is 0 Å². The predicted molar refractivity (Wildman–Crippen MR) is 114 cm³/mol. The van der Waals surface area contributed by atoms with E-state index in [1.165, 1.54) is 5.56 Å². The predicted octanol–water partition coefficient (Wildman–Crippen LogP) is 3.35. The fourth-order valence-electron chi connectivity index (χ4n) is 2.44. The van der Waals surface area contributed by atoms with Crippen LogP contribution in [0.3, 0.4) is 0 Å². The molecule has 25 heavy (non-hydrogen) atoms. The Morgan fingerprint density at radius 3 is 2.56 bits per heavy atom. The quantitative estimate of drug-likeness (QED) is 0.396. The van der Waals surface area contributed by atoms with Gasteiger partial charge < -0.3 is 15.0 Å². The van der Waals surface area contributed by atoms with Gasteiger partial charge in [0.2, 0.25) is 0 Å². The number of aromatic nitrogens is 1. The Labute approximate surface area is 167 Å². The number of hydrogen-bond donors (Lipinski definition) is 1. The van der Waals surface area contributed by atoms with E-state index in [4.69, 9.17) is 4.74 Å². The summed E-state index contributed by atoms with van der Waals surface area (Å²) in [5.41, 5.74) is 2.29. The van der Waals surface area contributed by atoms with Gasteiger partial charge in [-0.05, 0) is 36.8 Å². The maximum absolute atomic E-state index is 5.47. The van der Waals surface area contributed by atoms with Crippen LogP contribution >= 0.6 is 24.0 Å². The molecule has 2 rings (SSSR count). The summed E-state index contributed by atoms with van der Waals surface area (Å²) in [6.07, 6.45) is 2.69. The first kappa shape index (κ1) is 21.2. The summed E-state index contributed by atoms with van der Waals surface area (Å²) in [5, 5.41) is 3.38. The molecule has 0 saturated carbocycles. The van der Waals surface area contributed by atoms with Crippen molar-refractivity contribution in [3.63, 3.8) is 0 Å². The number of pyridine rings is 1. The van der Waals surface area contributed by atoms with Crippen molar-refractivity contribution in [1.29, 1.82) is 0 Å². The van der Waals surface area contributed by atoms with E-state index in [0.717, 1.165) is 36.9 Å². The summed E-state index contributed by atoms with van der Waals surface area (Å²) >= 11 is 0. The maximum atomic E-state index is 5.47. The molecule has 1 N–H and O–H groups in total. The molecular formula is C19H27IN4O. The van der Waals surface area contributed by atoms with Gasteiger partial charge in [-0.1, -0.05) is 18.2 Å². The lowest BCUT2D eigenvalue weighted by atomic mass is 10.2. The van der Waals surface area contributed by atoms with Crippen molar-refractivity contribution in [3.05, 3.63) is 59.9 Å². The van der Waals surface area contributed by atoms with Crippen LogP contribution in [0.15, 0.2) is 53.7 Å². The molecule has 1 heterocycles. The standard InChI is InChI=1S/C19H26N4O.HI/c1-4-24-18-10-8-16(9-11-18)15-23(3)19(20-2)22-14-12-17-7-5-6-13-21-17;/h5-11,13H,4,12,14-15H2,1-3H3,(H,20,22);1H. The molecule has 5 nitrogen and oxygen atoms in total. The highest BCUT2D eigenvalue weighted by atomic mass is 127. The van der Waals surface area contributed by atoms with E-state index < -0.39 is 0 Å². The van der Waals surface area contributed by atoms with Crippen molar-refractivity contribution in [3.8, 4) is 5.75 Å². The lowest BCUT2D eigenvalue weighted by Gasteiger charge is -2.22. The van der Waals surface area contributed by atoms with Crippen molar-refractivity contribution in [2.75, 3.05) is 27.2 Å². The van der Waals surface area contributed by atoms with Gasteiger partial charge in [-0.15, -0.1) is 24.0 Å². The third-order valence-electron chi connectivity index (χ3n) is 3.62. The van der Waals surface area contributed by atoms with Crippen LogP contribution in [0.4, 0.5) is 0 Å². The number of nitrogens with one attached hydrogen (secondary N) is 1. The molecule has 0 atom stereocenters. The number of benzene rings is 1. The fourth-order valence-corrected chi connectivity index (χ4v) is 2.44. The third kappa shape index (κ3) is 7.29. The summed E-state index contributed by atoms with van der Waals surface area (Å²) in [7, 11) is 3.84. The van der Waals surface area contributed by atoms with Gasteiger partial charge in [-0.2, -0.15) is 0 Å². The van der Waals surface area contributed by atoms with Gasteiger partial charge in [0.05, 0.1) is 6.61 Å². The minimum atomic E-state index is 0. The SMILES string of the molecule is CCOc1ccc(CN(C)C(=NC)NCCc2ccccn2)cc1.I. The molecular weight excluding hydrogens is 427 g/mol. The molecule has 0 bridgehead atoms. The molecule has 0 radical (unpaired) electrons. The number of halogens is 1. The third-order valence-corrected chi connectivity index (χ3v) is 3.62. The minimum absolute atomic E-state index is 0. The number of aliphatic imine (C=N–C) groups is 1. The summed E-state index contributed by atoms with van der Waals surface area (Å²) in [4.78, 5) is 10.8. The zero-order chi connectivity index (χ0) is 17.2. The van der Waals surface area contributed by atoms with Crippen LogP contribution in [0.2, 0.25) is 0 Å². The highest BCUT2D eigenvalue weighted by Gasteiger charge is 2.06. The van der Waals surface area contributed by atoms with Gasteiger partial charge in [0.25, 0.3) is 0 Å². The normalized spacial score (nSPS) is 10.8. The Bertz CT molecular complexity index is 632. The maximum Gasteiger partial charge on any atom is 0.193 e. The molecule has 1 aromatic heterocycles. The Balaban J connectivity index is 0.00000312. The number of guanidine groups is 1. The number of hydrogen-bond acceptors (Lipinski definition) is 3. The molecule has 136 valence electrons. The molecule has 0 saturated heterocycles. The van der Waals surface area contributed by atoms with E-state index in [1.807, 2.05) is 50.5 Å². The highest BCUT2D eigenvalue weighted by molar-refractivity contribution is 14.0. The fraction of sp³-hybridized carbons (Fsp3) is 0.368. The van der Waals surface area contributed by atoms with Gasteiger partial charge in [-0.25, -0.2) is 0 Å². The van der Waals surface area contributed by atoms with Gasteiger partial charge in [0.15, 0.2) is 5.96 Å². The van der Waals surface area contributed by atoms with Crippen LogP contribution in [0.5, 0.6) is 5.75 Å². The Hall–Kier alpha value is -1.83. The zero-order valence-electron chi connectivity index (χ0n) is 15.1. The van der Waals surface area contributed by atoms with Crippen LogP contribution in [0.25, 0.3) is 0 Å². The molecule has 0 aliphatic carbocycles. The molecule has 0 aliphatic rings. The van der Waals surface area contributed by atoms with Gasteiger partial charge in [-0.3, -0.25) is 9.98 Å². The van der Waals surface area contributed by atoms with Crippen LogP contribution in [-0.4, -0.2) is 43.1 Å². The van der Waals surface area contributed by atoms with Crippen molar-refractivity contribution in [1.82, 2.24) is 15.2 Å². The van der Waals surface area contributed by atoms with Gasteiger partial charge >= 0.3 is 0 Å². The van der Waals surface area contributed by atoms with Crippen LogP contribution in [0.1, 0.15) is 18.2 Å². The van der Waals surface area contributed by atoms with Crippen molar-refractivity contribution in [2.45, 2.75) is 19.9 Å². The van der Waals surface area contributed by atoms with Crippen molar-refractivity contribution in [2.24, 2.45) is 4.99 Å². The Morgan fingerprint density at radius 2 is 1.96 bits per heavy atom. The van der Waals surface area contributed by atoms with E-state index in [-0.39, 0.29) is 24.0 Å². The molecule has 0 aliphatic heterocycles. The van der Waals surface area contributed by atoms with Crippen molar-refractivity contribution >= 4 is 29.9 Å². The second-order valence-electron chi connectivity index (χ2n) is 5.48.